The summed E-state index contributed by atoms with van der Waals surface area (Å²) in [7, 11) is 0. The first-order valence-corrected chi connectivity index (χ1v) is 8.72. The molecule has 26 heavy (non-hydrogen) atoms. The van der Waals surface area contributed by atoms with Crippen molar-refractivity contribution in [2.45, 2.75) is 12.6 Å². The molecule has 0 atom stereocenters. The van der Waals surface area contributed by atoms with E-state index in [0.29, 0.717) is 13.0 Å². The van der Waals surface area contributed by atoms with Crippen LogP contribution in [0.1, 0.15) is 10.4 Å². The van der Waals surface area contributed by atoms with Crippen molar-refractivity contribution in [3.63, 3.8) is 0 Å². The summed E-state index contributed by atoms with van der Waals surface area (Å²) in [5, 5.41) is 9.00. The molecule has 1 aromatic carbocycles. The van der Waals surface area contributed by atoms with Crippen molar-refractivity contribution >= 4 is 40.6 Å². The third-order valence-electron chi connectivity index (χ3n) is 3.23. The third-order valence-corrected chi connectivity index (χ3v) is 4.47. The van der Waals surface area contributed by atoms with Gasteiger partial charge in [-0.1, -0.05) is 17.7 Å². The van der Waals surface area contributed by atoms with E-state index in [1.54, 1.807) is 11.3 Å². The molecule has 0 bridgehead atoms. The maximum atomic E-state index is 12.6. The van der Waals surface area contributed by atoms with E-state index in [9.17, 15) is 22.8 Å². The SMILES string of the molecule is O=C(CNc1ccc(C(F)(F)F)cc1Cl)NC(=O)NCCc1cccs1. The molecule has 3 amide bonds. The van der Waals surface area contributed by atoms with Crippen LogP contribution in [0, 0.1) is 0 Å². The van der Waals surface area contributed by atoms with Crippen LogP contribution in [0.2, 0.25) is 5.02 Å². The Morgan fingerprint density at radius 1 is 1.19 bits per heavy atom. The minimum atomic E-state index is -4.50. The highest BCUT2D eigenvalue weighted by atomic mass is 35.5. The predicted octanol–water partition coefficient (Wildman–Crippen LogP) is 3.90. The maximum Gasteiger partial charge on any atom is 0.416 e. The van der Waals surface area contributed by atoms with E-state index in [2.05, 4.69) is 16.0 Å². The van der Waals surface area contributed by atoms with E-state index in [1.165, 1.54) is 0 Å². The summed E-state index contributed by atoms with van der Waals surface area (Å²) in [5.74, 6) is -0.644. The molecule has 2 aromatic rings. The number of anilines is 1. The Morgan fingerprint density at radius 2 is 1.96 bits per heavy atom. The van der Waals surface area contributed by atoms with E-state index in [0.717, 1.165) is 23.1 Å². The van der Waals surface area contributed by atoms with Crippen LogP contribution < -0.4 is 16.0 Å². The number of carbonyl (C=O) groups is 2. The first-order chi connectivity index (χ1) is 12.3. The largest absolute Gasteiger partial charge is 0.416 e. The minimum absolute atomic E-state index is 0.160. The first kappa shape index (κ1) is 20.1. The smallest absolute Gasteiger partial charge is 0.375 e. The molecule has 0 radical (unpaired) electrons. The fourth-order valence-electron chi connectivity index (χ4n) is 1.98. The van der Waals surface area contributed by atoms with Gasteiger partial charge in [0.05, 0.1) is 22.8 Å². The number of halogens is 4. The first-order valence-electron chi connectivity index (χ1n) is 7.46. The van der Waals surface area contributed by atoms with Gasteiger partial charge >= 0.3 is 12.2 Å². The van der Waals surface area contributed by atoms with E-state index >= 15 is 0 Å². The summed E-state index contributed by atoms with van der Waals surface area (Å²) in [6.07, 6.45) is -3.85. The van der Waals surface area contributed by atoms with Gasteiger partial charge in [0.2, 0.25) is 5.91 Å². The van der Waals surface area contributed by atoms with Crippen LogP contribution in [-0.4, -0.2) is 25.0 Å². The van der Waals surface area contributed by atoms with Gasteiger partial charge in [-0.2, -0.15) is 13.2 Å². The number of rotatable bonds is 6. The summed E-state index contributed by atoms with van der Waals surface area (Å²) >= 11 is 7.34. The molecule has 1 aromatic heterocycles. The lowest BCUT2D eigenvalue weighted by Gasteiger charge is -2.12. The van der Waals surface area contributed by atoms with Crippen molar-refractivity contribution in [3.8, 4) is 0 Å². The second-order valence-corrected chi connectivity index (χ2v) is 6.62. The number of urea groups is 1. The molecule has 0 spiro atoms. The van der Waals surface area contributed by atoms with Crippen LogP contribution in [0.25, 0.3) is 0 Å². The molecular formula is C16H15ClF3N3O2S. The van der Waals surface area contributed by atoms with Gasteiger partial charge in [0.25, 0.3) is 0 Å². The molecule has 0 aliphatic heterocycles. The molecule has 0 aliphatic rings. The monoisotopic (exact) mass is 405 g/mol. The number of carbonyl (C=O) groups excluding carboxylic acids is 2. The number of hydrogen-bond donors (Lipinski definition) is 3. The van der Waals surface area contributed by atoms with Crippen molar-refractivity contribution < 1.29 is 22.8 Å². The lowest BCUT2D eigenvalue weighted by molar-refractivity contribution is -0.137. The van der Waals surface area contributed by atoms with Crippen LogP contribution in [0.4, 0.5) is 23.7 Å². The van der Waals surface area contributed by atoms with Crippen molar-refractivity contribution in [1.29, 1.82) is 0 Å². The fourth-order valence-corrected chi connectivity index (χ4v) is 2.94. The Hall–Kier alpha value is -2.26. The van der Waals surface area contributed by atoms with Gasteiger partial charge in [-0.15, -0.1) is 11.3 Å². The van der Waals surface area contributed by atoms with Gasteiger partial charge < -0.3 is 10.6 Å². The molecule has 0 saturated carbocycles. The van der Waals surface area contributed by atoms with Gasteiger partial charge in [0.15, 0.2) is 0 Å². The summed E-state index contributed by atoms with van der Waals surface area (Å²) < 4.78 is 37.7. The molecule has 5 nitrogen and oxygen atoms in total. The number of thiophene rings is 1. The highest BCUT2D eigenvalue weighted by Crippen LogP contribution is 2.33. The lowest BCUT2D eigenvalue weighted by Crippen LogP contribution is -2.42. The number of hydrogen-bond acceptors (Lipinski definition) is 4. The normalized spacial score (nSPS) is 11.1. The standard InChI is InChI=1S/C16H15ClF3N3O2S/c17-12-8-10(16(18,19)20)3-4-13(12)22-9-14(24)23-15(25)21-6-5-11-2-1-7-26-11/h1-4,7-8,22H,5-6,9H2,(H2,21,23,24,25). The lowest BCUT2D eigenvalue weighted by atomic mass is 10.2. The van der Waals surface area contributed by atoms with E-state index in [1.807, 2.05) is 17.5 Å². The summed E-state index contributed by atoms with van der Waals surface area (Å²) in [4.78, 5) is 24.4. The number of alkyl halides is 3. The second kappa shape index (κ2) is 8.91. The molecule has 140 valence electrons. The van der Waals surface area contributed by atoms with Crippen molar-refractivity contribution in [1.82, 2.24) is 10.6 Å². The zero-order valence-corrected chi connectivity index (χ0v) is 14.9. The minimum Gasteiger partial charge on any atom is -0.375 e. The average Bonchev–Trinajstić information content (AvgIpc) is 3.06. The van der Waals surface area contributed by atoms with Gasteiger partial charge in [-0.25, -0.2) is 4.79 Å². The fraction of sp³-hybridized carbons (Fsp3) is 0.250. The van der Waals surface area contributed by atoms with Crippen molar-refractivity contribution in [2.24, 2.45) is 0 Å². The second-order valence-electron chi connectivity index (χ2n) is 5.18. The number of benzene rings is 1. The highest BCUT2D eigenvalue weighted by Gasteiger charge is 2.30. The molecule has 0 aliphatic carbocycles. The zero-order chi connectivity index (χ0) is 19.2. The predicted molar refractivity (Wildman–Crippen MR) is 94.5 cm³/mol. The van der Waals surface area contributed by atoms with E-state index in [-0.39, 0.29) is 17.3 Å². The Bertz CT molecular complexity index is 767. The summed E-state index contributed by atoms with van der Waals surface area (Å²) in [6.45, 7) is 0.0568. The van der Waals surface area contributed by atoms with Gasteiger partial charge in [0, 0.05) is 11.4 Å². The number of imide groups is 1. The molecule has 0 unspecified atom stereocenters. The van der Waals surface area contributed by atoms with E-state index < -0.39 is 23.7 Å². The van der Waals surface area contributed by atoms with Gasteiger partial charge in [-0.05, 0) is 36.1 Å². The Balaban J connectivity index is 1.75. The summed E-state index contributed by atoms with van der Waals surface area (Å²) in [6, 6.07) is 5.93. The number of amides is 3. The molecule has 0 saturated heterocycles. The molecular weight excluding hydrogens is 391 g/mol. The Labute approximate surface area is 156 Å². The van der Waals surface area contributed by atoms with Gasteiger partial charge in [-0.3, -0.25) is 10.1 Å². The molecule has 3 N–H and O–H groups in total. The average molecular weight is 406 g/mol. The number of nitrogens with one attached hydrogen (secondary N) is 3. The summed E-state index contributed by atoms with van der Waals surface area (Å²) in [5.41, 5.74) is -0.726. The van der Waals surface area contributed by atoms with Gasteiger partial charge in [0.1, 0.15) is 0 Å². The molecule has 0 fully saturated rings. The Morgan fingerprint density at radius 3 is 2.58 bits per heavy atom. The van der Waals surface area contributed by atoms with Crippen LogP contribution in [0.3, 0.4) is 0 Å². The van der Waals surface area contributed by atoms with Crippen LogP contribution in [0.5, 0.6) is 0 Å². The Kier molecular flexibility index (Phi) is 6.87. The van der Waals surface area contributed by atoms with E-state index in [4.69, 9.17) is 11.6 Å². The zero-order valence-electron chi connectivity index (χ0n) is 13.3. The van der Waals surface area contributed by atoms with Crippen LogP contribution >= 0.6 is 22.9 Å². The highest BCUT2D eigenvalue weighted by molar-refractivity contribution is 7.09. The van der Waals surface area contributed by atoms with Crippen LogP contribution in [-0.2, 0) is 17.4 Å². The van der Waals surface area contributed by atoms with Crippen molar-refractivity contribution in [3.05, 3.63) is 51.2 Å². The molecule has 2 rings (SSSR count). The quantitative estimate of drug-likeness (QED) is 0.682. The third kappa shape index (κ3) is 6.23. The molecule has 1 heterocycles. The van der Waals surface area contributed by atoms with Crippen molar-refractivity contribution in [2.75, 3.05) is 18.4 Å². The topological polar surface area (TPSA) is 70.2 Å². The molecule has 10 heteroatoms. The maximum absolute atomic E-state index is 12.6. The van der Waals surface area contributed by atoms with Crippen LogP contribution in [0.15, 0.2) is 35.7 Å².